The van der Waals surface area contributed by atoms with Crippen LogP contribution in [-0.4, -0.2) is 88.9 Å². The first-order chi connectivity index (χ1) is 19.3. The number of nitrogens with zero attached hydrogens (tertiary/aromatic N) is 8. The first kappa shape index (κ1) is 28.9. The maximum atomic E-state index is 14.2. The average molecular weight is 571 g/mol. The molecule has 0 N–H and O–H groups in total. The van der Waals surface area contributed by atoms with Crippen molar-refractivity contribution in [3.63, 3.8) is 0 Å². The van der Waals surface area contributed by atoms with Gasteiger partial charge in [0.25, 0.3) is 0 Å². The van der Waals surface area contributed by atoms with Crippen LogP contribution in [0.2, 0.25) is 0 Å². The van der Waals surface area contributed by atoms with Gasteiger partial charge in [-0.15, -0.1) is 0 Å². The van der Waals surface area contributed by atoms with Crippen molar-refractivity contribution in [1.82, 2.24) is 24.6 Å². The van der Waals surface area contributed by atoms with Crippen LogP contribution in [0, 0.1) is 23.7 Å². The maximum Gasteiger partial charge on any atom is 0.434 e. The second kappa shape index (κ2) is 10.7. The highest BCUT2D eigenvalue weighted by Crippen LogP contribution is 2.45. The van der Waals surface area contributed by atoms with E-state index >= 15 is 0 Å². The lowest BCUT2D eigenvalue weighted by Gasteiger charge is -2.49. The van der Waals surface area contributed by atoms with Crippen molar-refractivity contribution in [1.29, 1.82) is 5.26 Å². The van der Waals surface area contributed by atoms with Crippen LogP contribution in [0.4, 0.5) is 24.7 Å². The van der Waals surface area contributed by atoms with E-state index in [-0.39, 0.29) is 34.8 Å². The summed E-state index contributed by atoms with van der Waals surface area (Å²) < 4.78 is 44.6. The lowest BCUT2D eigenvalue weighted by molar-refractivity contribution is -0.141. The summed E-state index contributed by atoms with van der Waals surface area (Å²) in [5, 5.41) is 14.2. The van der Waals surface area contributed by atoms with Crippen molar-refractivity contribution in [3.05, 3.63) is 47.4 Å². The molecule has 3 fully saturated rings. The molecule has 3 aliphatic rings. The summed E-state index contributed by atoms with van der Waals surface area (Å²) in [6.07, 6.45) is -0.846. The molecule has 2 aromatic heterocycles. The Bertz CT molecular complexity index is 1340. The van der Waals surface area contributed by atoms with Gasteiger partial charge in [-0.2, -0.15) is 23.5 Å². The van der Waals surface area contributed by atoms with E-state index in [9.17, 15) is 23.2 Å². The molecule has 0 aromatic carbocycles. The molecule has 1 amide bonds. The number of alkyl halides is 3. The summed E-state index contributed by atoms with van der Waals surface area (Å²) in [6.45, 7) is 14.5. The molecule has 1 atom stereocenters. The van der Waals surface area contributed by atoms with E-state index in [1.54, 1.807) is 17.0 Å². The molecule has 9 nitrogen and oxygen atoms in total. The smallest absolute Gasteiger partial charge is 0.367 e. The molecule has 0 bridgehead atoms. The Labute approximate surface area is 238 Å². The SMILES string of the molecule is C=CC(=O)N1CCN(C2CN(c3cc(N4CC[C@H](c5c(C)cnn5C)C(C)(C)C4)nc(C(F)(F)F)c3C#N)C2)CC1. The van der Waals surface area contributed by atoms with Crippen LogP contribution in [0.25, 0.3) is 0 Å². The molecular weight excluding hydrogens is 533 g/mol. The zero-order valence-electron chi connectivity index (χ0n) is 24.1. The summed E-state index contributed by atoms with van der Waals surface area (Å²) in [5.41, 5.74) is 0.736. The van der Waals surface area contributed by atoms with Crippen LogP contribution in [-0.2, 0) is 18.0 Å². The van der Waals surface area contributed by atoms with E-state index in [1.165, 1.54) is 6.08 Å². The standard InChI is InChI=1S/C29H37F3N8O/c1-6-25(41)38-11-9-37(10-12-38)20-16-40(17-20)23-13-24(35-27(21(23)14-33)29(30,31)32)39-8-7-22(28(3,4)18-39)26-19(2)15-34-36(26)5/h6,13,15,20,22H,1,7-12,16-18H2,2-5H3/t22-/m1/s1. The molecule has 0 unspecified atom stereocenters. The highest BCUT2D eigenvalue weighted by Gasteiger charge is 2.43. The summed E-state index contributed by atoms with van der Waals surface area (Å²) in [6, 6.07) is 3.61. The van der Waals surface area contributed by atoms with Gasteiger partial charge in [0, 0.05) is 83.1 Å². The van der Waals surface area contributed by atoms with Gasteiger partial charge in [-0.25, -0.2) is 4.98 Å². The predicted octanol–water partition coefficient (Wildman–Crippen LogP) is 3.55. The highest BCUT2D eigenvalue weighted by atomic mass is 19.4. The van der Waals surface area contributed by atoms with Gasteiger partial charge in [0.1, 0.15) is 17.5 Å². The van der Waals surface area contributed by atoms with E-state index in [0.717, 1.165) is 17.7 Å². The quantitative estimate of drug-likeness (QED) is 0.509. The number of hydrogen-bond acceptors (Lipinski definition) is 7. The first-order valence-electron chi connectivity index (χ1n) is 14.0. The number of nitriles is 1. The van der Waals surface area contributed by atoms with Gasteiger partial charge < -0.3 is 14.7 Å². The van der Waals surface area contributed by atoms with Gasteiger partial charge in [0.15, 0.2) is 5.69 Å². The fourth-order valence-electron chi connectivity index (χ4n) is 6.68. The van der Waals surface area contributed by atoms with Crippen LogP contribution in [0.3, 0.4) is 0 Å². The van der Waals surface area contributed by atoms with Crippen molar-refractivity contribution in [3.8, 4) is 6.07 Å². The van der Waals surface area contributed by atoms with Crippen molar-refractivity contribution < 1.29 is 18.0 Å². The fraction of sp³-hybridized carbons (Fsp3) is 0.586. The molecule has 220 valence electrons. The number of hydrogen-bond donors (Lipinski definition) is 0. The van der Waals surface area contributed by atoms with Gasteiger partial charge in [-0.1, -0.05) is 20.4 Å². The number of piperidine rings is 1. The Hall–Kier alpha value is -3.59. The van der Waals surface area contributed by atoms with Crippen LogP contribution in [0.15, 0.2) is 24.9 Å². The van der Waals surface area contributed by atoms with Gasteiger partial charge in [-0.05, 0) is 30.4 Å². The Morgan fingerprint density at radius 2 is 1.85 bits per heavy atom. The number of aromatic nitrogens is 3. The zero-order chi connectivity index (χ0) is 29.7. The summed E-state index contributed by atoms with van der Waals surface area (Å²) in [5.74, 6) is 0.356. The minimum Gasteiger partial charge on any atom is -0.367 e. The van der Waals surface area contributed by atoms with Gasteiger partial charge >= 0.3 is 6.18 Å². The molecular formula is C29H37F3N8O. The van der Waals surface area contributed by atoms with Crippen molar-refractivity contribution in [2.75, 3.05) is 62.2 Å². The van der Waals surface area contributed by atoms with Gasteiger partial charge in [0.2, 0.25) is 5.91 Å². The monoisotopic (exact) mass is 570 g/mol. The third kappa shape index (κ3) is 5.39. The van der Waals surface area contributed by atoms with Crippen LogP contribution in [0.5, 0.6) is 0 Å². The number of rotatable bonds is 5. The molecule has 12 heteroatoms. The Morgan fingerprint density at radius 3 is 2.39 bits per heavy atom. The minimum absolute atomic E-state index is 0.0924. The van der Waals surface area contributed by atoms with E-state index in [2.05, 4.69) is 35.4 Å². The molecule has 0 spiro atoms. The fourth-order valence-corrected chi connectivity index (χ4v) is 6.68. The Kier molecular flexibility index (Phi) is 7.53. The topological polar surface area (TPSA) is 84.5 Å². The first-order valence-corrected chi connectivity index (χ1v) is 14.0. The van der Waals surface area contributed by atoms with E-state index in [1.807, 2.05) is 34.6 Å². The molecule has 5 heterocycles. The highest BCUT2D eigenvalue weighted by molar-refractivity contribution is 5.87. The summed E-state index contributed by atoms with van der Waals surface area (Å²) >= 11 is 0. The molecule has 3 saturated heterocycles. The molecule has 0 aliphatic carbocycles. The summed E-state index contributed by atoms with van der Waals surface area (Å²) in [4.78, 5) is 23.7. The van der Waals surface area contributed by atoms with E-state index in [4.69, 9.17) is 0 Å². The molecule has 5 rings (SSSR count). The van der Waals surface area contributed by atoms with Crippen molar-refractivity contribution >= 4 is 17.4 Å². The molecule has 41 heavy (non-hydrogen) atoms. The molecule has 0 radical (unpaired) electrons. The van der Waals surface area contributed by atoms with Gasteiger partial charge in [0.05, 0.1) is 11.9 Å². The molecule has 3 aliphatic heterocycles. The number of anilines is 2. The molecule has 2 aromatic rings. The number of amides is 1. The lowest BCUT2D eigenvalue weighted by Crippen LogP contribution is -2.63. The lowest BCUT2D eigenvalue weighted by atomic mass is 9.71. The molecule has 0 saturated carbocycles. The normalized spacial score (nSPS) is 21.9. The van der Waals surface area contributed by atoms with Crippen LogP contribution in [0.1, 0.15) is 48.7 Å². The average Bonchev–Trinajstić information content (AvgIpc) is 3.23. The number of carbonyl (C=O) groups is 1. The number of aryl methyl sites for hydroxylation is 2. The second-order valence-corrected chi connectivity index (χ2v) is 12.0. The maximum absolute atomic E-state index is 14.2. The van der Waals surface area contributed by atoms with Crippen molar-refractivity contribution in [2.24, 2.45) is 12.5 Å². The predicted molar refractivity (Wildman–Crippen MR) is 150 cm³/mol. The largest absolute Gasteiger partial charge is 0.434 e. The second-order valence-electron chi connectivity index (χ2n) is 12.0. The minimum atomic E-state index is -4.76. The third-order valence-corrected chi connectivity index (χ3v) is 8.95. The van der Waals surface area contributed by atoms with Crippen LogP contribution >= 0.6 is 0 Å². The number of halogens is 3. The van der Waals surface area contributed by atoms with Crippen molar-refractivity contribution in [2.45, 2.75) is 45.3 Å². The van der Waals surface area contributed by atoms with Gasteiger partial charge in [-0.3, -0.25) is 14.4 Å². The summed E-state index contributed by atoms with van der Waals surface area (Å²) in [7, 11) is 1.93. The van der Waals surface area contributed by atoms with Crippen LogP contribution < -0.4 is 9.80 Å². The van der Waals surface area contributed by atoms with E-state index < -0.39 is 17.4 Å². The number of carbonyl (C=O) groups excluding carboxylic acids is 1. The third-order valence-electron chi connectivity index (χ3n) is 8.95. The number of piperazine rings is 1. The number of pyridine rings is 1. The Balaban J connectivity index is 1.37. The Morgan fingerprint density at radius 1 is 1.17 bits per heavy atom. The zero-order valence-corrected chi connectivity index (χ0v) is 24.1. The van der Waals surface area contributed by atoms with E-state index in [0.29, 0.717) is 52.4 Å².